The summed E-state index contributed by atoms with van der Waals surface area (Å²) in [6, 6.07) is 22.9. The van der Waals surface area contributed by atoms with Crippen LogP contribution in [0, 0.1) is 6.92 Å². The van der Waals surface area contributed by atoms with Crippen molar-refractivity contribution in [3.8, 4) is 17.2 Å². The van der Waals surface area contributed by atoms with Crippen LogP contribution in [-0.2, 0) is 11.3 Å². The minimum Gasteiger partial charge on any atom is -0.506 e. The van der Waals surface area contributed by atoms with Gasteiger partial charge in [-0.3, -0.25) is 4.79 Å². The molecule has 2 heterocycles. The van der Waals surface area contributed by atoms with Crippen molar-refractivity contribution in [2.24, 2.45) is 0 Å². The monoisotopic (exact) mass is 440 g/mol. The first-order chi connectivity index (χ1) is 16.1. The van der Waals surface area contributed by atoms with Crippen molar-refractivity contribution < 1.29 is 14.6 Å². The lowest BCUT2D eigenvalue weighted by atomic mass is 10.1. The molecule has 0 saturated carbocycles. The normalized spacial score (nSPS) is 14.9. The molecule has 166 valence electrons. The molecule has 0 radical (unpaired) electrons. The Morgan fingerprint density at radius 1 is 1.12 bits per heavy atom. The molecule has 1 aliphatic rings. The van der Waals surface area contributed by atoms with Crippen molar-refractivity contribution in [3.63, 3.8) is 0 Å². The number of hydrogen-bond acceptors (Lipinski definition) is 5. The molecule has 0 aliphatic carbocycles. The van der Waals surface area contributed by atoms with Gasteiger partial charge in [0, 0.05) is 18.9 Å². The van der Waals surface area contributed by atoms with Gasteiger partial charge in [0.2, 0.25) is 0 Å². The fourth-order valence-corrected chi connectivity index (χ4v) is 3.95. The second kappa shape index (κ2) is 8.70. The molecule has 3 aromatic carbocycles. The summed E-state index contributed by atoms with van der Waals surface area (Å²) in [6.45, 7) is 2.89. The van der Waals surface area contributed by atoms with Gasteiger partial charge in [-0.05, 0) is 60.5 Å². The molecule has 33 heavy (non-hydrogen) atoms. The zero-order valence-electron chi connectivity index (χ0n) is 18.2. The number of aromatic nitrogens is 2. The smallest absolute Gasteiger partial charge is 0.267 e. The Labute approximate surface area is 191 Å². The summed E-state index contributed by atoms with van der Waals surface area (Å²) in [5, 5.41) is 17.2. The molecule has 0 saturated heterocycles. The molecule has 4 aromatic rings. The number of carbonyl (C=O) groups is 1. The second-order valence-electron chi connectivity index (χ2n) is 8.08. The number of fused-ring (bicyclic) bond motifs is 1. The number of carbonyl (C=O) groups excluding carboxylic acids is 1. The van der Waals surface area contributed by atoms with E-state index < -0.39 is 6.10 Å². The number of anilines is 2. The van der Waals surface area contributed by atoms with Crippen LogP contribution < -0.4 is 15.0 Å². The predicted octanol–water partition coefficient (Wildman–Crippen LogP) is 4.29. The van der Waals surface area contributed by atoms with Gasteiger partial charge in [-0.25, -0.2) is 4.68 Å². The number of phenolic OH excluding ortho intramolecular Hbond substituents is 1. The molecular formula is C26H24N4O3. The number of amides is 1. The SMILES string of the molecule is Cc1ccc(NC(=O)C2CN(Cc3ccc(-n4cccn4)cc3)c3ccccc3O2)c(O)c1. The minimum atomic E-state index is -0.719. The molecule has 7 heteroatoms. The Morgan fingerprint density at radius 3 is 2.70 bits per heavy atom. The van der Waals surface area contributed by atoms with Gasteiger partial charge in [0.15, 0.2) is 6.10 Å². The van der Waals surface area contributed by atoms with E-state index in [9.17, 15) is 9.90 Å². The van der Waals surface area contributed by atoms with E-state index in [2.05, 4.69) is 27.4 Å². The highest BCUT2D eigenvalue weighted by Crippen LogP contribution is 2.35. The fraction of sp³-hybridized carbons (Fsp3) is 0.154. The second-order valence-corrected chi connectivity index (χ2v) is 8.08. The molecule has 1 atom stereocenters. The van der Waals surface area contributed by atoms with Gasteiger partial charge >= 0.3 is 0 Å². The summed E-state index contributed by atoms with van der Waals surface area (Å²) in [5.41, 5.74) is 4.32. The maximum atomic E-state index is 13.0. The van der Waals surface area contributed by atoms with Crippen LogP contribution in [0.3, 0.4) is 0 Å². The van der Waals surface area contributed by atoms with Crippen LogP contribution in [0.4, 0.5) is 11.4 Å². The highest BCUT2D eigenvalue weighted by atomic mass is 16.5. The van der Waals surface area contributed by atoms with Crippen LogP contribution >= 0.6 is 0 Å². The number of aromatic hydroxyl groups is 1. The number of para-hydroxylation sites is 2. The molecular weight excluding hydrogens is 416 g/mol. The first-order valence-corrected chi connectivity index (χ1v) is 10.8. The summed E-state index contributed by atoms with van der Waals surface area (Å²) >= 11 is 0. The van der Waals surface area contributed by atoms with Gasteiger partial charge in [0.1, 0.15) is 11.5 Å². The average molecular weight is 441 g/mol. The quantitative estimate of drug-likeness (QED) is 0.453. The van der Waals surface area contributed by atoms with Crippen LogP contribution in [0.2, 0.25) is 0 Å². The van der Waals surface area contributed by atoms with Crippen LogP contribution in [0.1, 0.15) is 11.1 Å². The van der Waals surface area contributed by atoms with Gasteiger partial charge in [0.25, 0.3) is 5.91 Å². The van der Waals surface area contributed by atoms with E-state index in [-0.39, 0.29) is 11.7 Å². The van der Waals surface area contributed by atoms with E-state index in [0.717, 1.165) is 22.5 Å². The van der Waals surface area contributed by atoms with E-state index in [4.69, 9.17) is 4.74 Å². The number of benzene rings is 3. The zero-order valence-corrected chi connectivity index (χ0v) is 18.2. The van der Waals surface area contributed by atoms with Crippen LogP contribution in [0.5, 0.6) is 11.5 Å². The number of hydrogen-bond donors (Lipinski definition) is 2. The molecule has 0 spiro atoms. The zero-order chi connectivity index (χ0) is 22.8. The lowest BCUT2D eigenvalue weighted by Crippen LogP contribution is -2.46. The number of ether oxygens (including phenoxy) is 1. The maximum Gasteiger partial charge on any atom is 0.267 e. The van der Waals surface area contributed by atoms with Gasteiger partial charge in [-0.15, -0.1) is 0 Å². The first kappa shape index (κ1) is 20.6. The van der Waals surface area contributed by atoms with Crippen LogP contribution in [0.15, 0.2) is 85.2 Å². The summed E-state index contributed by atoms with van der Waals surface area (Å²) in [4.78, 5) is 15.1. The van der Waals surface area contributed by atoms with Crippen molar-refractivity contribution >= 4 is 17.3 Å². The third-order valence-corrected chi connectivity index (χ3v) is 5.64. The lowest BCUT2D eigenvalue weighted by Gasteiger charge is -2.35. The highest BCUT2D eigenvalue weighted by Gasteiger charge is 2.31. The summed E-state index contributed by atoms with van der Waals surface area (Å²) < 4.78 is 7.83. The Morgan fingerprint density at radius 2 is 1.94 bits per heavy atom. The van der Waals surface area contributed by atoms with E-state index in [1.165, 1.54) is 0 Å². The van der Waals surface area contributed by atoms with E-state index in [0.29, 0.717) is 24.5 Å². The molecule has 1 amide bonds. The molecule has 1 aliphatic heterocycles. The number of rotatable bonds is 5. The van der Waals surface area contributed by atoms with Crippen molar-refractivity contribution in [2.45, 2.75) is 19.6 Å². The molecule has 1 unspecified atom stereocenters. The number of nitrogens with zero attached hydrogens (tertiary/aromatic N) is 3. The predicted molar refractivity (Wildman–Crippen MR) is 127 cm³/mol. The van der Waals surface area contributed by atoms with E-state index in [1.54, 1.807) is 18.3 Å². The van der Waals surface area contributed by atoms with Crippen molar-refractivity contribution in [3.05, 3.63) is 96.3 Å². The Bertz CT molecular complexity index is 1270. The van der Waals surface area contributed by atoms with Crippen LogP contribution in [0.25, 0.3) is 5.69 Å². The number of phenols is 1. The minimum absolute atomic E-state index is 0.0358. The van der Waals surface area contributed by atoms with Crippen LogP contribution in [-0.4, -0.2) is 33.4 Å². The molecule has 0 fully saturated rings. The van der Waals surface area contributed by atoms with Gasteiger partial charge in [0.05, 0.1) is 23.6 Å². The van der Waals surface area contributed by atoms with E-state index >= 15 is 0 Å². The molecule has 2 N–H and O–H groups in total. The lowest BCUT2D eigenvalue weighted by molar-refractivity contribution is -0.122. The summed E-state index contributed by atoms with van der Waals surface area (Å²) in [7, 11) is 0. The third-order valence-electron chi connectivity index (χ3n) is 5.64. The number of nitrogens with one attached hydrogen (secondary N) is 1. The average Bonchev–Trinajstić information content (AvgIpc) is 3.36. The van der Waals surface area contributed by atoms with Gasteiger partial charge in [-0.1, -0.05) is 30.3 Å². The van der Waals surface area contributed by atoms with E-state index in [1.807, 2.05) is 66.3 Å². The molecule has 5 rings (SSSR count). The Hall–Kier alpha value is -4.26. The van der Waals surface area contributed by atoms with Gasteiger partial charge < -0.3 is 20.1 Å². The highest BCUT2D eigenvalue weighted by molar-refractivity contribution is 5.96. The largest absolute Gasteiger partial charge is 0.506 e. The Balaban J connectivity index is 1.35. The first-order valence-electron chi connectivity index (χ1n) is 10.8. The third kappa shape index (κ3) is 4.39. The number of aryl methyl sites for hydroxylation is 1. The van der Waals surface area contributed by atoms with Crippen molar-refractivity contribution in [2.75, 3.05) is 16.8 Å². The Kier molecular flexibility index (Phi) is 5.44. The van der Waals surface area contributed by atoms with Crippen molar-refractivity contribution in [1.29, 1.82) is 0 Å². The maximum absolute atomic E-state index is 13.0. The molecule has 7 nitrogen and oxygen atoms in total. The topological polar surface area (TPSA) is 79.6 Å². The molecule has 0 bridgehead atoms. The molecule has 1 aromatic heterocycles. The fourth-order valence-electron chi connectivity index (χ4n) is 3.95. The van der Waals surface area contributed by atoms with Gasteiger partial charge in [-0.2, -0.15) is 5.10 Å². The van der Waals surface area contributed by atoms with Crippen molar-refractivity contribution in [1.82, 2.24) is 9.78 Å². The summed E-state index contributed by atoms with van der Waals surface area (Å²) in [5.74, 6) is 0.390. The summed E-state index contributed by atoms with van der Waals surface area (Å²) in [6.07, 6.45) is 2.94. The standard InChI is InChI=1S/C26H24N4O3/c1-18-7-12-21(23(31)15-18)28-26(32)25-17-29(22-5-2-3-6-24(22)33-25)16-19-8-10-20(11-9-19)30-14-4-13-27-30/h2-15,25,31H,16-17H2,1H3,(H,28,32).